The molecule has 0 fully saturated rings. The molecule has 0 radical (unpaired) electrons. The Morgan fingerprint density at radius 2 is 1.68 bits per heavy atom. The molecule has 7 rings (SSSR count). The second-order valence-corrected chi connectivity index (χ2v) is 16.5. The molecule has 1 atom stereocenters. The summed E-state index contributed by atoms with van der Waals surface area (Å²) in [5, 5.41) is 19.6. The van der Waals surface area contributed by atoms with E-state index in [4.69, 9.17) is 35.5 Å². The smallest absolute Gasteiger partial charge is 0.228 e. The number of rotatable bonds is 21. The maximum Gasteiger partial charge on any atom is 0.228 e. The maximum absolute atomic E-state index is 13.5. The van der Waals surface area contributed by atoms with Gasteiger partial charge in [-0.2, -0.15) is 0 Å². The lowest BCUT2D eigenvalue weighted by Crippen LogP contribution is -2.20. The van der Waals surface area contributed by atoms with Gasteiger partial charge in [0.1, 0.15) is 35.0 Å². The van der Waals surface area contributed by atoms with Gasteiger partial charge in [0, 0.05) is 38.9 Å². The van der Waals surface area contributed by atoms with Gasteiger partial charge in [0.15, 0.2) is 5.82 Å². The van der Waals surface area contributed by atoms with Crippen molar-refractivity contribution in [2.45, 2.75) is 46.6 Å². The first kappa shape index (κ1) is 45.1. The second kappa shape index (κ2) is 21.4. The maximum atomic E-state index is 13.5. The Labute approximate surface area is 376 Å². The van der Waals surface area contributed by atoms with E-state index in [1.54, 1.807) is 23.5 Å². The number of nitrogens with zero attached hydrogens (tertiary/aromatic N) is 5. The number of thiophene rings is 1. The molecule has 3 aromatic carbocycles. The summed E-state index contributed by atoms with van der Waals surface area (Å²) in [6.45, 7) is 15.3. The molecule has 2 amide bonds. The van der Waals surface area contributed by atoms with E-state index in [-0.39, 0.29) is 18.2 Å². The predicted octanol–water partition coefficient (Wildman–Crippen LogP) is 7.99. The zero-order chi connectivity index (χ0) is 44.3. The van der Waals surface area contributed by atoms with Crippen LogP contribution in [0.3, 0.4) is 0 Å². The Morgan fingerprint density at radius 3 is 2.40 bits per heavy atom. The third-order valence-electron chi connectivity index (χ3n) is 10.5. The fourth-order valence-electron chi connectivity index (χ4n) is 7.21. The van der Waals surface area contributed by atoms with Crippen LogP contribution in [0.2, 0.25) is 5.02 Å². The molecule has 2 aliphatic heterocycles. The normalized spacial score (nSPS) is 14.6. The van der Waals surface area contributed by atoms with Crippen molar-refractivity contribution in [2.75, 3.05) is 63.4 Å². The largest absolute Gasteiger partial charge is 0.491 e. The predicted molar refractivity (Wildman–Crippen MR) is 249 cm³/mol. The van der Waals surface area contributed by atoms with Crippen LogP contribution in [0.4, 0.5) is 11.4 Å². The Hall–Kier alpha value is -5.97. The minimum atomic E-state index is -0.572. The third-order valence-corrected chi connectivity index (χ3v) is 11.9. The van der Waals surface area contributed by atoms with E-state index < -0.39 is 6.04 Å². The molecular formula is C47H51ClN8O6S. The van der Waals surface area contributed by atoms with Crippen LogP contribution < -0.4 is 20.7 Å². The number of ether oxygens (including phenoxy) is 4. The van der Waals surface area contributed by atoms with Gasteiger partial charge in [-0.3, -0.25) is 19.1 Å². The number of carbonyl (C=O) groups excluding carboxylic acids is 2. The van der Waals surface area contributed by atoms with Crippen LogP contribution in [0.25, 0.3) is 10.6 Å². The Balaban J connectivity index is 0.780. The highest BCUT2D eigenvalue weighted by atomic mass is 35.5. The molecule has 328 valence electrons. The molecule has 63 heavy (non-hydrogen) atoms. The molecule has 0 spiro atoms. The van der Waals surface area contributed by atoms with E-state index in [2.05, 4.69) is 51.7 Å². The Bertz CT molecular complexity index is 2530. The summed E-state index contributed by atoms with van der Waals surface area (Å²) in [4.78, 5) is 35.7. The SMILES string of the molecule is C=N/C(=C\C(=C/C)c1ccc2c(c1)CC(=O)N2)NCCOCCOCCOCCOc1ccc(NC(=O)C[C@@H]2N=C(c3ccc(Cl)cc3)c3c(sc(C)c3C)-n3c(C)nnc32)cc1. The van der Waals surface area contributed by atoms with Crippen molar-refractivity contribution in [3.8, 4) is 10.8 Å². The van der Waals surface area contributed by atoms with Gasteiger partial charge < -0.3 is 34.9 Å². The molecule has 2 aromatic heterocycles. The average Bonchev–Trinajstić information content (AvgIpc) is 3.92. The minimum Gasteiger partial charge on any atom is -0.491 e. The highest BCUT2D eigenvalue weighted by Gasteiger charge is 2.32. The Morgan fingerprint density at radius 1 is 0.968 bits per heavy atom. The van der Waals surface area contributed by atoms with E-state index in [9.17, 15) is 9.59 Å². The van der Waals surface area contributed by atoms with Gasteiger partial charge >= 0.3 is 0 Å². The molecule has 0 saturated carbocycles. The molecule has 0 saturated heterocycles. The molecule has 0 unspecified atom stereocenters. The molecule has 14 nitrogen and oxygen atoms in total. The zero-order valence-corrected chi connectivity index (χ0v) is 37.4. The number of carbonyl (C=O) groups is 2. The van der Waals surface area contributed by atoms with Gasteiger partial charge in [-0.1, -0.05) is 35.9 Å². The lowest BCUT2D eigenvalue weighted by atomic mass is 9.99. The van der Waals surface area contributed by atoms with E-state index in [0.29, 0.717) is 87.3 Å². The summed E-state index contributed by atoms with van der Waals surface area (Å²) in [6, 6.07) is 20.2. The summed E-state index contributed by atoms with van der Waals surface area (Å²) in [5.41, 5.74) is 8.32. The van der Waals surface area contributed by atoms with Crippen LogP contribution in [-0.2, 0) is 30.2 Å². The van der Waals surface area contributed by atoms with Gasteiger partial charge in [0.25, 0.3) is 0 Å². The summed E-state index contributed by atoms with van der Waals surface area (Å²) in [7, 11) is 0. The van der Waals surface area contributed by atoms with Gasteiger partial charge in [-0.15, -0.1) is 21.5 Å². The number of aliphatic imine (C=N–C) groups is 2. The summed E-state index contributed by atoms with van der Waals surface area (Å²) in [5.74, 6) is 2.45. The third kappa shape index (κ3) is 11.4. The number of hydrogen-bond donors (Lipinski definition) is 3. The van der Waals surface area contributed by atoms with Crippen molar-refractivity contribution >= 4 is 64.1 Å². The Kier molecular flexibility index (Phi) is 15.3. The number of hydrogen-bond acceptors (Lipinski definition) is 12. The van der Waals surface area contributed by atoms with E-state index >= 15 is 0 Å². The number of nitrogens with one attached hydrogen (secondary N) is 3. The molecule has 3 N–H and O–H groups in total. The van der Waals surface area contributed by atoms with Crippen molar-refractivity contribution < 1.29 is 28.5 Å². The quantitative estimate of drug-likeness (QED) is 0.0377. The number of anilines is 2. The fourth-order valence-corrected chi connectivity index (χ4v) is 8.55. The first-order chi connectivity index (χ1) is 30.6. The fraction of sp³-hybridized carbons (Fsp3) is 0.319. The highest BCUT2D eigenvalue weighted by Crippen LogP contribution is 2.40. The topological polar surface area (TPSA) is 163 Å². The minimum absolute atomic E-state index is 0.0106. The van der Waals surface area contributed by atoms with Crippen LogP contribution in [0.1, 0.15) is 63.7 Å². The van der Waals surface area contributed by atoms with Gasteiger partial charge in [-0.25, -0.2) is 4.99 Å². The molecule has 2 aliphatic rings. The van der Waals surface area contributed by atoms with Crippen LogP contribution >= 0.6 is 22.9 Å². The van der Waals surface area contributed by atoms with Gasteiger partial charge in [-0.05, 0) is 111 Å². The standard InChI is InChI=1S/C47H51ClN8O6S/c1-6-32(34-9-16-39-35(25-34)27-42(57)52-39)26-41(49-5)50-17-18-59-19-20-60-21-22-61-23-24-62-38-14-12-37(13-15-38)51-43(58)28-40-46-55-54-31(4)56(46)47-44(29(2)30(3)63-47)45(53-40)33-7-10-36(48)11-8-33/h6-16,25-26,40,50H,5,17-24,27-28H2,1-4H3,(H,51,58)(H,52,57)/b32-6+,41-26+/t40-/m0/s1. The lowest BCUT2D eigenvalue weighted by molar-refractivity contribution is -0.117. The van der Waals surface area contributed by atoms with E-state index in [0.717, 1.165) is 55.6 Å². The number of amides is 2. The number of benzene rings is 3. The average molecular weight is 891 g/mol. The molecule has 4 heterocycles. The van der Waals surface area contributed by atoms with E-state index in [1.807, 2.05) is 85.2 Å². The van der Waals surface area contributed by atoms with Crippen LogP contribution in [0.5, 0.6) is 5.75 Å². The van der Waals surface area contributed by atoms with Crippen molar-refractivity contribution in [1.29, 1.82) is 0 Å². The first-order valence-corrected chi connectivity index (χ1v) is 21.9. The van der Waals surface area contributed by atoms with Crippen LogP contribution in [0.15, 0.2) is 94.7 Å². The van der Waals surface area contributed by atoms with Crippen LogP contribution in [0, 0.1) is 20.8 Å². The summed E-state index contributed by atoms with van der Waals surface area (Å²) in [6.07, 6.45) is 4.38. The molecule has 16 heteroatoms. The van der Waals surface area contributed by atoms with Crippen molar-refractivity contribution in [1.82, 2.24) is 20.1 Å². The number of fused-ring (bicyclic) bond motifs is 4. The summed E-state index contributed by atoms with van der Waals surface area (Å²) >= 11 is 7.91. The number of allylic oxidation sites excluding steroid dienone is 3. The molecule has 5 aromatic rings. The van der Waals surface area contributed by atoms with Crippen molar-refractivity contribution in [2.24, 2.45) is 9.98 Å². The second-order valence-electron chi connectivity index (χ2n) is 14.8. The number of halogens is 1. The van der Waals surface area contributed by atoms with E-state index in [1.165, 1.54) is 4.88 Å². The first-order valence-electron chi connectivity index (χ1n) is 20.8. The number of aryl methyl sites for hydroxylation is 2. The molecule has 0 bridgehead atoms. The van der Waals surface area contributed by atoms with Gasteiger partial charge in [0.2, 0.25) is 11.8 Å². The monoisotopic (exact) mass is 890 g/mol. The highest BCUT2D eigenvalue weighted by molar-refractivity contribution is 7.15. The molecule has 0 aliphatic carbocycles. The lowest BCUT2D eigenvalue weighted by Gasteiger charge is -2.13. The van der Waals surface area contributed by atoms with Crippen molar-refractivity contribution in [3.63, 3.8) is 0 Å². The zero-order valence-electron chi connectivity index (χ0n) is 35.8. The summed E-state index contributed by atoms with van der Waals surface area (Å²) < 4.78 is 24.9. The van der Waals surface area contributed by atoms with Gasteiger partial charge in [0.05, 0.1) is 58.2 Å². The van der Waals surface area contributed by atoms with Crippen molar-refractivity contribution in [3.05, 3.63) is 134 Å². The number of aromatic nitrogens is 3. The van der Waals surface area contributed by atoms with Crippen LogP contribution in [-0.4, -0.2) is 91.8 Å². The molecular weight excluding hydrogens is 840 g/mol.